The number of nitrogens with one attached hydrogen (secondary N) is 1. The minimum Gasteiger partial charge on any atom is -0.308 e. The molecule has 1 saturated heterocycles. The van der Waals surface area contributed by atoms with Crippen molar-refractivity contribution in [3.05, 3.63) is 16.1 Å². The minimum atomic E-state index is 0.422. The number of aromatic nitrogens is 1. The Morgan fingerprint density at radius 1 is 1.47 bits per heavy atom. The van der Waals surface area contributed by atoms with E-state index in [-0.39, 0.29) is 0 Å². The van der Waals surface area contributed by atoms with Crippen LogP contribution in [0, 0.1) is 6.92 Å². The maximum atomic E-state index is 4.40. The van der Waals surface area contributed by atoms with Gasteiger partial charge in [0.15, 0.2) is 0 Å². The molecule has 4 heteroatoms. The van der Waals surface area contributed by atoms with Gasteiger partial charge in [0.25, 0.3) is 0 Å². The Morgan fingerprint density at radius 2 is 2.26 bits per heavy atom. The summed E-state index contributed by atoms with van der Waals surface area (Å²) in [5.74, 6) is 0. The molecule has 1 unspecified atom stereocenters. The van der Waals surface area contributed by atoms with Gasteiger partial charge in [0.1, 0.15) is 0 Å². The Balaban J connectivity index is 1.71. The summed E-state index contributed by atoms with van der Waals surface area (Å²) in [5, 5.41) is 5.05. The van der Waals surface area contributed by atoms with Crippen molar-refractivity contribution in [2.75, 3.05) is 13.1 Å². The zero-order valence-corrected chi connectivity index (χ0v) is 12.9. The summed E-state index contributed by atoms with van der Waals surface area (Å²) in [6, 6.07) is 0.689. The van der Waals surface area contributed by atoms with Gasteiger partial charge in [-0.05, 0) is 26.2 Å². The second-order valence-electron chi connectivity index (χ2n) is 6.18. The van der Waals surface area contributed by atoms with Gasteiger partial charge in [-0.2, -0.15) is 0 Å². The van der Waals surface area contributed by atoms with Crippen molar-refractivity contribution in [1.82, 2.24) is 15.2 Å². The van der Waals surface area contributed by atoms with Crippen LogP contribution in [0.1, 0.15) is 48.9 Å². The SMILES string of the molecule is CCC1CNC2(CCCC2)CN1Cc1cnc(C)s1. The number of rotatable bonds is 3. The highest BCUT2D eigenvalue weighted by atomic mass is 32.1. The normalized spacial score (nSPS) is 27.2. The van der Waals surface area contributed by atoms with Gasteiger partial charge < -0.3 is 5.32 Å². The van der Waals surface area contributed by atoms with E-state index in [0.29, 0.717) is 11.6 Å². The second kappa shape index (κ2) is 5.51. The van der Waals surface area contributed by atoms with Crippen LogP contribution in [0.3, 0.4) is 0 Å². The Morgan fingerprint density at radius 3 is 2.89 bits per heavy atom. The molecule has 19 heavy (non-hydrogen) atoms. The van der Waals surface area contributed by atoms with Crippen LogP contribution in [0.15, 0.2) is 6.20 Å². The summed E-state index contributed by atoms with van der Waals surface area (Å²) in [4.78, 5) is 8.52. The van der Waals surface area contributed by atoms with Crippen LogP contribution in [0.5, 0.6) is 0 Å². The van der Waals surface area contributed by atoms with Crippen molar-refractivity contribution in [2.24, 2.45) is 0 Å². The lowest BCUT2D eigenvalue weighted by atomic mass is 9.91. The van der Waals surface area contributed by atoms with Crippen molar-refractivity contribution in [2.45, 2.75) is 64.1 Å². The quantitative estimate of drug-likeness (QED) is 0.922. The van der Waals surface area contributed by atoms with E-state index >= 15 is 0 Å². The summed E-state index contributed by atoms with van der Waals surface area (Å²) in [7, 11) is 0. The lowest BCUT2D eigenvalue weighted by Gasteiger charge is -2.46. The fraction of sp³-hybridized carbons (Fsp3) is 0.800. The maximum Gasteiger partial charge on any atom is 0.0897 e. The van der Waals surface area contributed by atoms with Gasteiger partial charge in [0.05, 0.1) is 5.01 Å². The molecule has 1 atom stereocenters. The van der Waals surface area contributed by atoms with Crippen LogP contribution in [0.2, 0.25) is 0 Å². The smallest absolute Gasteiger partial charge is 0.0897 e. The lowest BCUT2D eigenvalue weighted by Crippen LogP contribution is -2.62. The number of thiazole rings is 1. The average Bonchev–Trinajstić information content (AvgIpc) is 3.00. The predicted octanol–water partition coefficient (Wildman–Crippen LogP) is 2.95. The standard InChI is InChI=1S/C15H25N3S/c1-3-13-8-17-15(6-4-5-7-15)11-18(13)10-14-9-16-12(2)19-14/h9,13,17H,3-8,10-11H2,1-2H3. The van der Waals surface area contributed by atoms with E-state index in [0.717, 1.165) is 13.1 Å². The molecule has 1 aromatic rings. The molecule has 1 saturated carbocycles. The molecule has 0 amide bonds. The Bertz CT molecular complexity index is 423. The number of hydrogen-bond donors (Lipinski definition) is 1. The van der Waals surface area contributed by atoms with Gasteiger partial charge >= 0.3 is 0 Å². The number of aryl methyl sites for hydroxylation is 1. The van der Waals surface area contributed by atoms with Crippen LogP contribution in [0.25, 0.3) is 0 Å². The molecule has 2 aliphatic rings. The van der Waals surface area contributed by atoms with E-state index in [1.165, 1.54) is 48.5 Å². The second-order valence-corrected chi connectivity index (χ2v) is 7.50. The fourth-order valence-corrected chi connectivity index (χ4v) is 4.51. The molecule has 0 radical (unpaired) electrons. The topological polar surface area (TPSA) is 28.2 Å². The number of piperazine rings is 1. The van der Waals surface area contributed by atoms with Crippen molar-refractivity contribution < 1.29 is 0 Å². The van der Waals surface area contributed by atoms with Crippen LogP contribution in [-0.2, 0) is 6.54 Å². The maximum absolute atomic E-state index is 4.40. The largest absolute Gasteiger partial charge is 0.308 e. The average molecular weight is 279 g/mol. The highest BCUT2D eigenvalue weighted by Crippen LogP contribution is 2.34. The molecule has 1 spiro atoms. The molecule has 1 N–H and O–H groups in total. The highest BCUT2D eigenvalue weighted by molar-refractivity contribution is 7.11. The molecular weight excluding hydrogens is 254 g/mol. The number of nitrogens with zero attached hydrogens (tertiary/aromatic N) is 2. The molecule has 1 aliphatic carbocycles. The van der Waals surface area contributed by atoms with Gasteiger partial charge in [-0.1, -0.05) is 19.8 Å². The summed E-state index contributed by atoms with van der Waals surface area (Å²) < 4.78 is 0. The van der Waals surface area contributed by atoms with Crippen molar-refractivity contribution in [3.8, 4) is 0 Å². The molecule has 1 aliphatic heterocycles. The van der Waals surface area contributed by atoms with E-state index in [4.69, 9.17) is 0 Å². The van der Waals surface area contributed by atoms with Crippen LogP contribution in [0.4, 0.5) is 0 Å². The van der Waals surface area contributed by atoms with E-state index in [1.807, 2.05) is 11.3 Å². The Labute approximate surface area is 120 Å². The minimum absolute atomic E-state index is 0.422. The summed E-state index contributed by atoms with van der Waals surface area (Å²) in [6.07, 6.45) is 8.83. The summed E-state index contributed by atoms with van der Waals surface area (Å²) in [6.45, 7) is 7.88. The van der Waals surface area contributed by atoms with Crippen molar-refractivity contribution in [3.63, 3.8) is 0 Å². The molecule has 2 heterocycles. The fourth-order valence-electron chi connectivity index (χ4n) is 3.69. The summed E-state index contributed by atoms with van der Waals surface area (Å²) in [5.41, 5.74) is 0.422. The Hall–Kier alpha value is -0.450. The molecule has 2 fully saturated rings. The van der Waals surface area contributed by atoms with E-state index in [1.54, 1.807) is 0 Å². The number of hydrogen-bond acceptors (Lipinski definition) is 4. The third kappa shape index (κ3) is 2.86. The molecule has 3 nitrogen and oxygen atoms in total. The van der Waals surface area contributed by atoms with E-state index in [2.05, 4.69) is 35.2 Å². The van der Waals surface area contributed by atoms with Gasteiger partial charge in [-0.3, -0.25) is 4.90 Å². The highest BCUT2D eigenvalue weighted by Gasteiger charge is 2.40. The van der Waals surface area contributed by atoms with Crippen LogP contribution in [-0.4, -0.2) is 34.6 Å². The Kier molecular flexibility index (Phi) is 3.92. The summed E-state index contributed by atoms with van der Waals surface area (Å²) >= 11 is 1.85. The zero-order chi connectivity index (χ0) is 13.3. The third-order valence-electron chi connectivity index (χ3n) is 4.79. The van der Waals surface area contributed by atoms with Gasteiger partial charge in [0, 0.05) is 42.3 Å². The van der Waals surface area contributed by atoms with Crippen LogP contribution >= 0.6 is 11.3 Å². The first kappa shape index (κ1) is 13.5. The van der Waals surface area contributed by atoms with E-state index in [9.17, 15) is 0 Å². The van der Waals surface area contributed by atoms with E-state index < -0.39 is 0 Å². The molecule has 0 aromatic carbocycles. The first-order chi connectivity index (χ1) is 9.21. The molecule has 106 valence electrons. The lowest BCUT2D eigenvalue weighted by molar-refractivity contribution is 0.0726. The monoisotopic (exact) mass is 279 g/mol. The molecule has 3 rings (SSSR count). The first-order valence-corrected chi connectivity index (χ1v) is 8.43. The van der Waals surface area contributed by atoms with Gasteiger partial charge in [0.2, 0.25) is 0 Å². The first-order valence-electron chi connectivity index (χ1n) is 7.61. The van der Waals surface area contributed by atoms with Crippen molar-refractivity contribution >= 4 is 11.3 Å². The zero-order valence-electron chi connectivity index (χ0n) is 12.1. The van der Waals surface area contributed by atoms with Gasteiger partial charge in [-0.15, -0.1) is 11.3 Å². The third-order valence-corrected chi connectivity index (χ3v) is 5.69. The van der Waals surface area contributed by atoms with Crippen LogP contribution < -0.4 is 5.32 Å². The molecule has 0 bridgehead atoms. The molecular formula is C15H25N3S. The van der Waals surface area contributed by atoms with Gasteiger partial charge in [-0.25, -0.2) is 4.98 Å². The van der Waals surface area contributed by atoms with Crippen molar-refractivity contribution in [1.29, 1.82) is 0 Å². The molecule has 1 aromatic heterocycles. The predicted molar refractivity (Wildman–Crippen MR) is 80.5 cm³/mol.